The standard InChI is InChI=1S/C18H20P2/c1-3-15-19(16-4-2)20(17-11-7-5-8-12-17)18-13-9-6-10-14-18/h3-14H,1-2,15-16H2. The van der Waals surface area contributed by atoms with E-state index in [1.807, 2.05) is 0 Å². The number of benzene rings is 2. The van der Waals surface area contributed by atoms with Crippen LogP contribution in [0.25, 0.3) is 0 Å². The zero-order valence-electron chi connectivity index (χ0n) is 11.7. The van der Waals surface area contributed by atoms with E-state index in [9.17, 15) is 0 Å². The molecule has 0 aliphatic heterocycles. The van der Waals surface area contributed by atoms with E-state index in [4.69, 9.17) is 0 Å². The van der Waals surface area contributed by atoms with Gasteiger partial charge in [-0.15, -0.1) is 13.2 Å². The fraction of sp³-hybridized carbons (Fsp3) is 0.111. The van der Waals surface area contributed by atoms with Gasteiger partial charge in [0, 0.05) is 0 Å². The van der Waals surface area contributed by atoms with Crippen LogP contribution in [0, 0.1) is 0 Å². The highest BCUT2D eigenvalue weighted by molar-refractivity contribution is 8.36. The van der Waals surface area contributed by atoms with Crippen LogP contribution in [0.2, 0.25) is 0 Å². The monoisotopic (exact) mass is 298 g/mol. The minimum Gasteiger partial charge on any atom is -0.103 e. The molecule has 2 heteroatoms. The van der Waals surface area contributed by atoms with Crippen LogP contribution in [-0.2, 0) is 0 Å². The maximum atomic E-state index is 3.94. The van der Waals surface area contributed by atoms with E-state index in [0.29, 0.717) is 0 Å². The molecule has 2 rings (SSSR count). The summed E-state index contributed by atoms with van der Waals surface area (Å²) in [4.78, 5) is 0. The van der Waals surface area contributed by atoms with Crippen LogP contribution in [0.3, 0.4) is 0 Å². The molecule has 20 heavy (non-hydrogen) atoms. The van der Waals surface area contributed by atoms with E-state index in [-0.39, 0.29) is 15.2 Å². The van der Waals surface area contributed by atoms with Crippen molar-refractivity contribution in [1.82, 2.24) is 0 Å². The van der Waals surface area contributed by atoms with Gasteiger partial charge in [0.1, 0.15) is 0 Å². The molecule has 0 spiro atoms. The van der Waals surface area contributed by atoms with Crippen molar-refractivity contribution < 1.29 is 0 Å². The van der Waals surface area contributed by atoms with E-state index in [0.717, 1.165) is 12.3 Å². The maximum Gasteiger partial charge on any atom is -0.00999 e. The lowest BCUT2D eigenvalue weighted by molar-refractivity contribution is 1.70. The Morgan fingerprint density at radius 3 is 1.45 bits per heavy atom. The van der Waals surface area contributed by atoms with Crippen LogP contribution < -0.4 is 10.6 Å². The lowest BCUT2D eigenvalue weighted by Gasteiger charge is -2.27. The third kappa shape index (κ3) is 3.89. The summed E-state index contributed by atoms with van der Waals surface area (Å²) in [5.74, 6) is 0. The predicted molar refractivity (Wildman–Crippen MR) is 96.1 cm³/mol. The Bertz CT molecular complexity index is 484. The molecule has 0 heterocycles. The number of allylic oxidation sites excluding steroid dienone is 2. The van der Waals surface area contributed by atoms with E-state index >= 15 is 0 Å². The molecular formula is C18H20P2. The summed E-state index contributed by atoms with van der Waals surface area (Å²) < 4.78 is 0. The van der Waals surface area contributed by atoms with E-state index in [1.54, 1.807) is 0 Å². The minimum absolute atomic E-state index is 0.148. The van der Waals surface area contributed by atoms with Gasteiger partial charge in [-0.05, 0) is 30.5 Å². The highest BCUT2D eigenvalue weighted by Gasteiger charge is 2.21. The third-order valence-electron chi connectivity index (χ3n) is 2.96. The molecule has 0 saturated carbocycles. The average Bonchev–Trinajstić information content (AvgIpc) is 2.50. The van der Waals surface area contributed by atoms with Gasteiger partial charge in [0.25, 0.3) is 0 Å². The van der Waals surface area contributed by atoms with Gasteiger partial charge in [-0.25, -0.2) is 0 Å². The number of hydrogen-bond donors (Lipinski definition) is 0. The summed E-state index contributed by atoms with van der Waals surface area (Å²) in [6.45, 7) is 7.89. The highest BCUT2D eigenvalue weighted by Crippen LogP contribution is 2.67. The summed E-state index contributed by atoms with van der Waals surface area (Å²) in [5, 5.41) is 2.92. The van der Waals surface area contributed by atoms with Crippen LogP contribution in [0.4, 0.5) is 0 Å². The summed E-state index contributed by atoms with van der Waals surface area (Å²) in [7, 11) is -0.452. The van der Waals surface area contributed by atoms with Crippen LogP contribution in [0.1, 0.15) is 0 Å². The summed E-state index contributed by atoms with van der Waals surface area (Å²) in [6, 6.07) is 21.8. The van der Waals surface area contributed by atoms with Crippen molar-refractivity contribution in [2.45, 2.75) is 0 Å². The van der Waals surface area contributed by atoms with E-state index in [1.165, 1.54) is 10.6 Å². The van der Waals surface area contributed by atoms with Crippen LogP contribution >= 0.6 is 15.2 Å². The van der Waals surface area contributed by atoms with Crippen LogP contribution in [0.5, 0.6) is 0 Å². The molecule has 0 unspecified atom stereocenters. The Morgan fingerprint density at radius 1 is 0.700 bits per heavy atom. The first-order valence-corrected chi connectivity index (χ1v) is 10.5. The van der Waals surface area contributed by atoms with Crippen molar-refractivity contribution >= 4 is 25.8 Å². The van der Waals surface area contributed by atoms with Crippen LogP contribution in [0.15, 0.2) is 86.0 Å². The Morgan fingerprint density at radius 2 is 1.10 bits per heavy atom. The quantitative estimate of drug-likeness (QED) is 0.504. The van der Waals surface area contributed by atoms with Gasteiger partial charge in [0.05, 0.1) is 0 Å². The molecule has 2 aromatic carbocycles. The van der Waals surface area contributed by atoms with Gasteiger partial charge in [0.2, 0.25) is 0 Å². The van der Waals surface area contributed by atoms with Crippen molar-refractivity contribution in [2.75, 3.05) is 12.3 Å². The lowest BCUT2D eigenvalue weighted by Crippen LogP contribution is -2.11. The summed E-state index contributed by atoms with van der Waals surface area (Å²) >= 11 is 0. The van der Waals surface area contributed by atoms with Crippen molar-refractivity contribution in [3.63, 3.8) is 0 Å². The molecule has 102 valence electrons. The largest absolute Gasteiger partial charge is 0.103 e. The molecule has 0 radical (unpaired) electrons. The third-order valence-corrected chi connectivity index (χ3v) is 10.5. The lowest BCUT2D eigenvalue weighted by atomic mass is 10.4. The molecule has 0 aliphatic carbocycles. The Hall–Kier alpha value is -1.22. The molecule has 0 atom stereocenters. The Balaban J connectivity index is 2.42. The zero-order chi connectivity index (χ0) is 14.2. The molecular weight excluding hydrogens is 278 g/mol. The Labute approximate surface area is 124 Å². The molecule has 0 saturated heterocycles. The van der Waals surface area contributed by atoms with E-state index in [2.05, 4.69) is 86.0 Å². The normalized spacial score (nSPS) is 10.7. The number of hydrogen-bond acceptors (Lipinski definition) is 0. The molecule has 0 bridgehead atoms. The second-order valence-electron chi connectivity index (χ2n) is 4.43. The van der Waals surface area contributed by atoms with Gasteiger partial charge >= 0.3 is 0 Å². The zero-order valence-corrected chi connectivity index (χ0v) is 13.4. The van der Waals surface area contributed by atoms with E-state index < -0.39 is 0 Å². The highest BCUT2D eigenvalue weighted by atomic mass is 32.1. The first-order chi connectivity index (χ1) is 9.86. The summed E-state index contributed by atoms with van der Waals surface area (Å²) in [5.41, 5.74) is 0. The fourth-order valence-electron chi connectivity index (χ4n) is 2.15. The summed E-state index contributed by atoms with van der Waals surface area (Å²) in [6.07, 6.45) is 6.32. The van der Waals surface area contributed by atoms with Gasteiger partial charge in [-0.2, -0.15) is 0 Å². The topological polar surface area (TPSA) is 0 Å². The predicted octanol–water partition coefficient (Wildman–Crippen LogP) is 4.89. The smallest absolute Gasteiger partial charge is 0.00999 e. The number of rotatable bonds is 7. The molecule has 0 fully saturated rings. The molecule has 2 aromatic rings. The fourth-order valence-corrected chi connectivity index (χ4v) is 9.51. The van der Waals surface area contributed by atoms with Crippen molar-refractivity contribution in [1.29, 1.82) is 0 Å². The van der Waals surface area contributed by atoms with Gasteiger partial charge in [0.15, 0.2) is 0 Å². The van der Waals surface area contributed by atoms with Crippen molar-refractivity contribution in [3.8, 4) is 0 Å². The molecule has 0 aromatic heterocycles. The molecule has 0 N–H and O–H groups in total. The molecule has 0 amide bonds. The van der Waals surface area contributed by atoms with Crippen molar-refractivity contribution in [3.05, 3.63) is 86.0 Å². The first kappa shape index (κ1) is 15.2. The van der Waals surface area contributed by atoms with Crippen LogP contribution in [-0.4, -0.2) is 12.3 Å². The van der Waals surface area contributed by atoms with Crippen molar-refractivity contribution in [2.24, 2.45) is 0 Å². The Kier molecular flexibility index (Phi) is 6.19. The second kappa shape index (κ2) is 8.15. The second-order valence-corrected chi connectivity index (χ2v) is 10.7. The molecule has 0 nitrogen and oxygen atoms in total. The SMILES string of the molecule is C=CCP(CC=C)P(c1ccccc1)c1ccccc1. The molecule has 0 aliphatic rings. The first-order valence-electron chi connectivity index (χ1n) is 6.73. The average molecular weight is 298 g/mol. The van der Waals surface area contributed by atoms with Gasteiger partial charge in [-0.3, -0.25) is 0 Å². The van der Waals surface area contributed by atoms with Gasteiger partial charge in [-0.1, -0.05) is 80.4 Å². The van der Waals surface area contributed by atoms with Gasteiger partial charge < -0.3 is 0 Å². The minimum atomic E-state index is -0.304. The maximum absolute atomic E-state index is 3.94.